The molecule has 0 saturated carbocycles. The summed E-state index contributed by atoms with van der Waals surface area (Å²) in [4.78, 5) is 27.5. The van der Waals surface area contributed by atoms with E-state index in [2.05, 4.69) is 31.4 Å². The molecule has 3 amide bonds. The highest BCUT2D eigenvalue weighted by molar-refractivity contribution is 5.94. The Hall–Kier alpha value is -3.61. The van der Waals surface area contributed by atoms with Crippen LogP contribution in [0.25, 0.3) is 5.69 Å². The summed E-state index contributed by atoms with van der Waals surface area (Å²) < 4.78 is 1.74. The first-order valence-electron chi connectivity index (χ1n) is 11.7. The van der Waals surface area contributed by atoms with Crippen LogP contribution in [-0.2, 0) is 16.8 Å². The van der Waals surface area contributed by atoms with Gasteiger partial charge >= 0.3 is 6.03 Å². The Bertz CT molecular complexity index is 1090. The molecule has 7 heteroatoms. The van der Waals surface area contributed by atoms with Crippen molar-refractivity contribution in [3.63, 3.8) is 0 Å². The number of urea groups is 1. The van der Waals surface area contributed by atoms with Crippen molar-refractivity contribution in [2.45, 2.75) is 46.6 Å². The lowest BCUT2D eigenvalue weighted by Gasteiger charge is -2.24. The second-order valence-electron chi connectivity index (χ2n) is 9.88. The van der Waals surface area contributed by atoms with E-state index in [1.807, 2.05) is 80.6 Å². The zero-order chi connectivity index (χ0) is 24.7. The molecule has 1 heterocycles. The molecular formula is C27H35N5O2. The third-order valence-corrected chi connectivity index (χ3v) is 5.24. The second kappa shape index (κ2) is 11.0. The minimum absolute atomic E-state index is 0.0520. The topological polar surface area (TPSA) is 79.3 Å². The number of amides is 3. The highest BCUT2D eigenvalue weighted by Gasteiger charge is 2.23. The Balaban J connectivity index is 1.74. The first-order chi connectivity index (χ1) is 16.1. The third kappa shape index (κ3) is 6.94. The van der Waals surface area contributed by atoms with Crippen LogP contribution in [0, 0.1) is 5.92 Å². The van der Waals surface area contributed by atoms with Crippen LogP contribution in [0.4, 0.5) is 10.6 Å². The lowest BCUT2D eigenvalue weighted by Crippen LogP contribution is -2.45. The van der Waals surface area contributed by atoms with Gasteiger partial charge in [-0.2, -0.15) is 5.10 Å². The number of benzene rings is 2. The highest BCUT2D eigenvalue weighted by atomic mass is 16.2. The number of carbonyl (C=O) groups is 2. The summed E-state index contributed by atoms with van der Waals surface area (Å²) in [5.41, 5.74) is 2.55. The number of nitrogens with one attached hydrogen (secondary N) is 2. The van der Waals surface area contributed by atoms with Crippen molar-refractivity contribution in [1.82, 2.24) is 20.0 Å². The first kappa shape index (κ1) is 25.0. The van der Waals surface area contributed by atoms with Gasteiger partial charge in [-0.3, -0.25) is 4.79 Å². The van der Waals surface area contributed by atoms with Gasteiger partial charge in [-0.05, 0) is 23.6 Å². The van der Waals surface area contributed by atoms with Crippen LogP contribution in [0.2, 0.25) is 0 Å². The quantitative estimate of drug-likeness (QED) is 0.497. The van der Waals surface area contributed by atoms with E-state index < -0.39 is 0 Å². The van der Waals surface area contributed by atoms with Crippen LogP contribution < -0.4 is 10.6 Å². The number of anilines is 1. The van der Waals surface area contributed by atoms with Gasteiger partial charge in [0.05, 0.1) is 11.4 Å². The van der Waals surface area contributed by atoms with Gasteiger partial charge in [0.25, 0.3) is 0 Å². The van der Waals surface area contributed by atoms with Crippen molar-refractivity contribution >= 4 is 17.8 Å². The molecule has 2 aromatic carbocycles. The maximum absolute atomic E-state index is 13.1. The van der Waals surface area contributed by atoms with E-state index in [0.29, 0.717) is 18.9 Å². The van der Waals surface area contributed by atoms with Crippen LogP contribution in [0.3, 0.4) is 0 Å². The average Bonchev–Trinajstić information content (AvgIpc) is 3.22. The highest BCUT2D eigenvalue weighted by Crippen LogP contribution is 2.26. The summed E-state index contributed by atoms with van der Waals surface area (Å²) in [6, 6.07) is 21.0. The van der Waals surface area contributed by atoms with E-state index in [1.165, 1.54) is 0 Å². The number of rotatable bonds is 8. The predicted octanol–water partition coefficient (Wildman–Crippen LogP) is 4.98. The van der Waals surface area contributed by atoms with E-state index in [0.717, 1.165) is 16.9 Å². The largest absolute Gasteiger partial charge is 0.334 e. The van der Waals surface area contributed by atoms with Gasteiger partial charge < -0.3 is 15.5 Å². The standard InChI is InChI=1S/C27H35N5O2/c1-20(2)18-31(26(34)28-17-21-12-8-6-9-13-21)19-25(33)29-24-16-23(27(3,4)5)30-32(24)22-14-10-7-11-15-22/h6-16,20H,17-19H2,1-5H3,(H,28,34)(H,29,33). The van der Waals surface area contributed by atoms with Crippen molar-refractivity contribution < 1.29 is 9.59 Å². The zero-order valence-corrected chi connectivity index (χ0v) is 20.7. The Morgan fingerprint density at radius 2 is 1.62 bits per heavy atom. The normalized spacial score (nSPS) is 11.4. The lowest BCUT2D eigenvalue weighted by molar-refractivity contribution is -0.116. The summed E-state index contributed by atoms with van der Waals surface area (Å²) in [6.45, 7) is 11.1. The van der Waals surface area contributed by atoms with Gasteiger partial charge in [0, 0.05) is 24.6 Å². The summed E-state index contributed by atoms with van der Waals surface area (Å²) in [6.07, 6.45) is 0. The van der Waals surface area contributed by atoms with E-state index in [4.69, 9.17) is 5.10 Å². The molecule has 0 aliphatic heterocycles. The van der Waals surface area contributed by atoms with Gasteiger partial charge in [0.1, 0.15) is 12.4 Å². The van der Waals surface area contributed by atoms with Gasteiger partial charge in [0.15, 0.2) is 0 Å². The fourth-order valence-corrected chi connectivity index (χ4v) is 3.50. The molecule has 0 spiro atoms. The molecule has 0 radical (unpaired) electrons. The fourth-order valence-electron chi connectivity index (χ4n) is 3.50. The number of carbonyl (C=O) groups excluding carboxylic acids is 2. The second-order valence-corrected chi connectivity index (χ2v) is 9.88. The van der Waals surface area contributed by atoms with Crippen molar-refractivity contribution in [1.29, 1.82) is 0 Å². The molecule has 0 saturated heterocycles. The SMILES string of the molecule is CC(C)CN(CC(=O)Nc1cc(C(C)(C)C)nn1-c1ccccc1)C(=O)NCc1ccccc1. The lowest BCUT2D eigenvalue weighted by atomic mass is 9.92. The fraction of sp³-hybridized carbons (Fsp3) is 0.370. The van der Waals surface area contributed by atoms with Crippen molar-refractivity contribution in [2.24, 2.45) is 5.92 Å². The average molecular weight is 462 g/mol. The molecule has 3 aromatic rings. The Morgan fingerprint density at radius 3 is 2.21 bits per heavy atom. The summed E-state index contributed by atoms with van der Waals surface area (Å²) >= 11 is 0. The predicted molar refractivity (Wildman–Crippen MR) is 136 cm³/mol. The summed E-state index contributed by atoms with van der Waals surface area (Å²) in [7, 11) is 0. The van der Waals surface area contributed by atoms with Crippen LogP contribution in [0.5, 0.6) is 0 Å². The number of nitrogens with zero attached hydrogens (tertiary/aromatic N) is 3. The summed E-state index contributed by atoms with van der Waals surface area (Å²) in [5, 5.41) is 10.6. The minimum atomic E-state index is -0.270. The van der Waals surface area contributed by atoms with Gasteiger partial charge in [-0.25, -0.2) is 9.48 Å². The van der Waals surface area contributed by atoms with E-state index in [1.54, 1.807) is 9.58 Å². The van der Waals surface area contributed by atoms with Crippen LogP contribution in [0.15, 0.2) is 66.7 Å². The maximum Gasteiger partial charge on any atom is 0.318 e. The van der Waals surface area contributed by atoms with Crippen molar-refractivity contribution in [3.05, 3.63) is 78.0 Å². The molecule has 7 nitrogen and oxygen atoms in total. The first-order valence-corrected chi connectivity index (χ1v) is 11.7. The Labute approximate surface area is 202 Å². The van der Waals surface area contributed by atoms with Crippen molar-refractivity contribution in [2.75, 3.05) is 18.4 Å². The molecule has 2 N–H and O–H groups in total. The van der Waals surface area contributed by atoms with Gasteiger partial charge in [-0.1, -0.05) is 83.1 Å². The van der Waals surface area contributed by atoms with Crippen LogP contribution in [0.1, 0.15) is 45.9 Å². The molecule has 0 bridgehead atoms. The molecule has 0 unspecified atom stereocenters. The minimum Gasteiger partial charge on any atom is -0.334 e. The molecule has 1 aromatic heterocycles. The van der Waals surface area contributed by atoms with Crippen LogP contribution in [-0.4, -0.2) is 39.7 Å². The maximum atomic E-state index is 13.1. The van der Waals surface area contributed by atoms with Crippen LogP contribution >= 0.6 is 0 Å². The zero-order valence-electron chi connectivity index (χ0n) is 20.7. The molecule has 3 rings (SSSR count). The smallest absolute Gasteiger partial charge is 0.318 e. The molecular weight excluding hydrogens is 426 g/mol. The monoisotopic (exact) mass is 461 g/mol. The number of hydrogen-bond acceptors (Lipinski definition) is 3. The van der Waals surface area contributed by atoms with Gasteiger partial charge in [-0.15, -0.1) is 0 Å². The number of para-hydroxylation sites is 1. The number of aromatic nitrogens is 2. The molecule has 180 valence electrons. The number of hydrogen-bond donors (Lipinski definition) is 2. The Morgan fingerprint density at radius 1 is 1.00 bits per heavy atom. The van der Waals surface area contributed by atoms with E-state index in [-0.39, 0.29) is 29.8 Å². The third-order valence-electron chi connectivity index (χ3n) is 5.24. The van der Waals surface area contributed by atoms with Crippen molar-refractivity contribution in [3.8, 4) is 5.69 Å². The van der Waals surface area contributed by atoms with E-state index in [9.17, 15) is 9.59 Å². The molecule has 0 fully saturated rings. The molecule has 0 atom stereocenters. The van der Waals surface area contributed by atoms with Gasteiger partial charge in [0.2, 0.25) is 5.91 Å². The van der Waals surface area contributed by atoms with E-state index >= 15 is 0 Å². The molecule has 0 aliphatic rings. The Kier molecular flexibility index (Phi) is 8.10. The summed E-state index contributed by atoms with van der Waals surface area (Å²) in [5.74, 6) is 0.529. The molecule has 0 aliphatic carbocycles. The molecule has 34 heavy (non-hydrogen) atoms.